The zero-order valence-corrected chi connectivity index (χ0v) is 10.5. The largest absolute Gasteiger partial charge is 0.312 e. The van der Waals surface area contributed by atoms with Gasteiger partial charge in [-0.15, -0.1) is 10.2 Å². The minimum atomic E-state index is 0.834. The summed E-state index contributed by atoms with van der Waals surface area (Å²) in [5.74, 6) is 0.955. The molecule has 1 heterocycles. The van der Waals surface area contributed by atoms with Gasteiger partial charge in [-0.3, -0.25) is 0 Å². The van der Waals surface area contributed by atoms with Gasteiger partial charge in [0, 0.05) is 17.8 Å². The quantitative estimate of drug-likeness (QED) is 0.785. The molecule has 2 rings (SSSR count). The Morgan fingerprint density at radius 3 is 2.88 bits per heavy atom. The van der Waals surface area contributed by atoms with Crippen LogP contribution in [-0.2, 0) is 13.5 Å². The molecule has 84 valence electrons. The van der Waals surface area contributed by atoms with Crippen LogP contribution in [0.15, 0.2) is 35.7 Å². The SMILES string of the molecule is Cn1cnnc1SCCc1ccccc1Cl. The molecule has 0 radical (unpaired) electrons. The van der Waals surface area contributed by atoms with E-state index in [1.54, 1.807) is 18.1 Å². The molecule has 0 atom stereocenters. The molecule has 1 aromatic heterocycles. The first-order valence-corrected chi connectivity index (χ1v) is 6.34. The summed E-state index contributed by atoms with van der Waals surface area (Å²) in [6, 6.07) is 7.93. The molecule has 0 spiro atoms. The second kappa shape index (κ2) is 5.37. The summed E-state index contributed by atoms with van der Waals surface area (Å²) in [6.45, 7) is 0. The van der Waals surface area contributed by atoms with E-state index in [4.69, 9.17) is 11.6 Å². The molecule has 1 aromatic carbocycles. The van der Waals surface area contributed by atoms with Gasteiger partial charge in [0.05, 0.1) is 0 Å². The molecule has 0 saturated carbocycles. The maximum atomic E-state index is 6.07. The monoisotopic (exact) mass is 253 g/mol. The van der Waals surface area contributed by atoms with E-state index < -0.39 is 0 Å². The number of benzene rings is 1. The van der Waals surface area contributed by atoms with Crippen LogP contribution in [0.4, 0.5) is 0 Å². The average molecular weight is 254 g/mol. The lowest BCUT2D eigenvalue weighted by Gasteiger charge is -2.03. The topological polar surface area (TPSA) is 30.7 Å². The van der Waals surface area contributed by atoms with Crippen LogP contribution in [0.1, 0.15) is 5.56 Å². The average Bonchev–Trinajstić information content (AvgIpc) is 2.67. The van der Waals surface area contributed by atoms with Crippen molar-refractivity contribution in [3.05, 3.63) is 41.2 Å². The highest BCUT2D eigenvalue weighted by Gasteiger charge is 2.03. The first kappa shape index (κ1) is 11.5. The number of hydrogen-bond donors (Lipinski definition) is 0. The predicted octanol–water partition coefficient (Wildman–Crippen LogP) is 2.80. The molecule has 5 heteroatoms. The van der Waals surface area contributed by atoms with Gasteiger partial charge < -0.3 is 4.57 Å². The molecule has 0 aliphatic heterocycles. The summed E-state index contributed by atoms with van der Waals surface area (Å²) >= 11 is 7.76. The van der Waals surface area contributed by atoms with Crippen molar-refractivity contribution in [3.8, 4) is 0 Å². The Kier molecular flexibility index (Phi) is 3.85. The van der Waals surface area contributed by atoms with Gasteiger partial charge in [-0.25, -0.2) is 0 Å². The molecule has 0 N–H and O–H groups in total. The maximum Gasteiger partial charge on any atom is 0.190 e. The van der Waals surface area contributed by atoms with E-state index in [1.165, 1.54) is 5.56 Å². The van der Waals surface area contributed by atoms with Gasteiger partial charge in [-0.2, -0.15) is 0 Å². The lowest BCUT2D eigenvalue weighted by atomic mass is 10.2. The Morgan fingerprint density at radius 2 is 2.19 bits per heavy atom. The van der Waals surface area contributed by atoms with Gasteiger partial charge in [0.1, 0.15) is 6.33 Å². The van der Waals surface area contributed by atoms with Gasteiger partial charge in [-0.05, 0) is 18.1 Å². The van der Waals surface area contributed by atoms with Crippen molar-refractivity contribution < 1.29 is 0 Å². The van der Waals surface area contributed by atoms with Gasteiger partial charge in [0.15, 0.2) is 5.16 Å². The van der Waals surface area contributed by atoms with Gasteiger partial charge >= 0.3 is 0 Å². The third-order valence-corrected chi connectivity index (χ3v) is 3.64. The van der Waals surface area contributed by atoms with Gasteiger partial charge in [-0.1, -0.05) is 41.6 Å². The van der Waals surface area contributed by atoms with Crippen LogP contribution in [-0.4, -0.2) is 20.5 Å². The van der Waals surface area contributed by atoms with Gasteiger partial charge in [0.2, 0.25) is 0 Å². The Hall–Kier alpha value is -1.00. The zero-order valence-electron chi connectivity index (χ0n) is 8.93. The van der Waals surface area contributed by atoms with Crippen LogP contribution in [0, 0.1) is 0 Å². The Morgan fingerprint density at radius 1 is 1.38 bits per heavy atom. The van der Waals surface area contributed by atoms with E-state index in [9.17, 15) is 0 Å². The van der Waals surface area contributed by atoms with Crippen LogP contribution in [0.2, 0.25) is 5.02 Å². The molecule has 2 aromatic rings. The van der Waals surface area contributed by atoms with E-state index in [1.807, 2.05) is 29.8 Å². The van der Waals surface area contributed by atoms with Crippen LogP contribution in [0.5, 0.6) is 0 Å². The third kappa shape index (κ3) is 2.77. The maximum absolute atomic E-state index is 6.07. The number of hydrogen-bond acceptors (Lipinski definition) is 3. The molecular weight excluding hydrogens is 242 g/mol. The fraction of sp³-hybridized carbons (Fsp3) is 0.273. The van der Waals surface area contributed by atoms with Crippen molar-refractivity contribution >= 4 is 23.4 Å². The highest BCUT2D eigenvalue weighted by Crippen LogP contribution is 2.20. The Bertz CT molecular complexity index is 470. The molecule has 0 bridgehead atoms. The second-order valence-corrected chi connectivity index (χ2v) is 4.88. The Labute approximate surface area is 104 Å². The van der Waals surface area contributed by atoms with Crippen molar-refractivity contribution in [3.63, 3.8) is 0 Å². The predicted molar refractivity (Wildman–Crippen MR) is 66.9 cm³/mol. The normalized spacial score (nSPS) is 10.6. The van der Waals surface area contributed by atoms with Crippen LogP contribution in [0.3, 0.4) is 0 Å². The molecule has 0 aliphatic rings. The van der Waals surface area contributed by atoms with E-state index in [0.29, 0.717) is 0 Å². The smallest absolute Gasteiger partial charge is 0.190 e. The fourth-order valence-corrected chi connectivity index (χ4v) is 2.45. The summed E-state index contributed by atoms with van der Waals surface area (Å²) < 4.78 is 1.91. The van der Waals surface area contributed by atoms with E-state index >= 15 is 0 Å². The lowest BCUT2D eigenvalue weighted by molar-refractivity contribution is 0.788. The van der Waals surface area contributed by atoms with Crippen molar-refractivity contribution in [2.75, 3.05) is 5.75 Å². The molecular formula is C11H12ClN3S. The van der Waals surface area contributed by atoms with Crippen molar-refractivity contribution in [2.45, 2.75) is 11.6 Å². The van der Waals surface area contributed by atoms with E-state index in [2.05, 4.69) is 16.3 Å². The highest BCUT2D eigenvalue weighted by atomic mass is 35.5. The number of nitrogens with zero attached hydrogens (tertiary/aromatic N) is 3. The van der Waals surface area contributed by atoms with Crippen LogP contribution >= 0.6 is 23.4 Å². The number of thioether (sulfide) groups is 1. The Balaban J connectivity index is 1.89. The summed E-state index contributed by atoms with van der Waals surface area (Å²) in [7, 11) is 1.94. The summed E-state index contributed by atoms with van der Waals surface area (Å²) in [4.78, 5) is 0. The highest BCUT2D eigenvalue weighted by molar-refractivity contribution is 7.99. The first-order chi connectivity index (χ1) is 7.77. The van der Waals surface area contributed by atoms with E-state index in [0.717, 1.165) is 22.4 Å². The summed E-state index contributed by atoms with van der Waals surface area (Å²) in [5.41, 5.74) is 1.18. The molecule has 0 fully saturated rings. The number of aryl methyl sites for hydroxylation is 2. The van der Waals surface area contributed by atoms with E-state index in [-0.39, 0.29) is 0 Å². The summed E-state index contributed by atoms with van der Waals surface area (Å²) in [6.07, 6.45) is 2.65. The minimum absolute atomic E-state index is 0.834. The third-order valence-electron chi connectivity index (χ3n) is 2.23. The van der Waals surface area contributed by atoms with Crippen molar-refractivity contribution in [1.29, 1.82) is 0 Å². The van der Waals surface area contributed by atoms with Crippen molar-refractivity contribution in [2.24, 2.45) is 7.05 Å². The lowest BCUT2D eigenvalue weighted by Crippen LogP contribution is -1.93. The zero-order chi connectivity index (χ0) is 11.4. The first-order valence-electron chi connectivity index (χ1n) is 4.97. The van der Waals surface area contributed by atoms with Gasteiger partial charge in [0.25, 0.3) is 0 Å². The standard InChI is InChI=1S/C11H12ClN3S/c1-15-8-13-14-11(15)16-7-6-9-4-2-3-5-10(9)12/h2-5,8H,6-7H2,1H3. The summed E-state index contributed by atoms with van der Waals surface area (Å²) in [5, 5.41) is 9.61. The molecule has 0 saturated heterocycles. The number of halogens is 1. The molecule has 0 aliphatic carbocycles. The minimum Gasteiger partial charge on any atom is -0.312 e. The fourth-order valence-electron chi connectivity index (χ4n) is 1.36. The molecule has 16 heavy (non-hydrogen) atoms. The number of rotatable bonds is 4. The van der Waals surface area contributed by atoms with Crippen molar-refractivity contribution in [1.82, 2.24) is 14.8 Å². The second-order valence-electron chi connectivity index (χ2n) is 3.41. The van der Waals surface area contributed by atoms with Crippen LogP contribution < -0.4 is 0 Å². The number of aromatic nitrogens is 3. The molecule has 3 nitrogen and oxygen atoms in total. The molecule has 0 unspecified atom stereocenters. The molecule has 0 amide bonds. The van der Waals surface area contributed by atoms with Crippen LogP contribution in [0.25, 0.3) is 0 Å².